The Balaban J connectivity index is 1.59. The van der Waals surface area contributed by atoms with Crippen molar-refractivity contribution in [1.82, 2.24) is 20.3 Å². The number of nitrogens with zero attached hydrogens (tertiary/aromatic N) is 5. The molecule has 0 atom stereocenters. The van der Waals surface area contributed by atoms with Gasteiger partial charge in [0.05, 0.1) is 23.9 Å². The van der Waals surface area contributed by atoms with Crippen LogP contribution >= 0.6 is 0 Å². The molecule has 2 aromatic heterocycles. The zero-order valence-electron chi connectivity index (χ0n) is 17.5. The summed E-state index contributed by atoms with van der Waals surface area (Å²) in [6, 6.07) is 11.4. The van der Waals surface area contributed by atoms with Crippen LogP contribution in [-0.2, 0) is 10.9 Å². The summed E-state index contributed by atoms with van der Waals surface area (Å²) >= 11 is 0. The number of esters is 1. The lowest BCUT2D eigenvalue weighted by Crippen LogP contribution is -2.09. The number of hydrogen-bond acceptors (Lipinski definition) is 10. The highest BCUT2D eigenvalue weighted by molar-refractivity contribution is 5.90. The molecule has 2 N–H and O–H groups in total. The van der Waals surface area contributed by atoms with Gasteiger partial charge in [0.2, 0.25) is 11.3 Å². The molecule has 0 amide bonds. The van der Waals surface area contributed by atoms with Gasteiger partial charge < -0.3 is 10.1 Å². The van der Waals surface area contributed by atoms with Crippen molar-refractivity contribution >= 4 is 40.8 Å². The summed E-state index contributed by atoms with van der Waals surface area (Å²) in [5.41, 5.74) is 2.67. The maximum atomic E-state index is 13.2. The molecular formula is C21H16F3N7O3. The van der Waals surface area contributed by atoms with E-state index in [1.807, 2.05) is 0 Å². The van der Waals surface area contributed by atoms with Gasteiger partial charge in [-0.2, -0.15) is 23.3 Å². The Morgan fingerprint density at radius 3 is 2.41 bits per heavy atom. The van der Waals surface area contributed by atoms with Crippen molar-refractivity contribution in [3.63, 3.8) is 0 Å². The minimum Gasteiger partial charge on any atom is -0.462 e. The Labute approximate surface area is 189 Å². The number of ether oxygens (including phenoxy) is 1. The van der Waals surface area contributed by atoms with Crippen molar-refractivity contribution in [2.24, 2.45) is 5.10 Å². The van der Waals surface area contributed by atoms with Crippen molar-refractivity contribution in [3.05, 3.63) is 65.2 Å². The second-order valence-electron chi connectivity index (χ2n) is 6.71. The highest BCUT2D eigenvalue weighted by Crippen LogP contribution is 2.31. The molecule has 0 aliphatic heterocycles. The van der Waals surface area contributed by atoms with Crippen LogP contribution in [-0.4, -0.2) is 39.1 Å². The summed E-state index contributed by atoms with van der Waals surface area (Å²) < 4.78 is 49.2. The molecule has 0 aliphatic carbocycles. The van der Waals surface area contributed by atoms with Gasteiger partial charge in [0.25, 0.3) is 0 Å². The first kappa shape index (κ1) is 22.6. The molecule has 174 valence electrons. The standard InChI is InChI=1S/C21H16F3N7O3/c1-2-33-20(32)12-7-9-14(10-8-12)26-16-17(28-19-18(27-16)30-34-31-19)29-25-11-13-5-3-4-6-15(13)21(22,23)24/h3-11H,2H2,1H3,(H,26,27,30)(H,28,29,31). The maximum absolute atomic E-state index is 13.2. The number of hydrogen-bond donors (Lipinski definition) is 2. The summed E-state index contributed by atoms with van der Waals surface area (Å²) in [6.45, 7) is 1.96. The van der Waals surface area contributed by atoms with Crippen molar-refractivity contribution < 1.29 is 27.3 Å². The predicted octanol–water partition coefficient (Wildman–Crippen LogP) is 4.40. The fourth-order valence-electron chi connectivity index (χ4n) is 2.87. The minimum absolute atomic E-state index is 0.0541. The predicted molar refractivity (Wildman–Crippen MR) is 116 cm³/mol. The Morgan fingerprint density at radius 2 is 1.74 bits per heavy atom. The van der Waals surface area contributed by atoms with E-state index in [1.54, 1.807) is 31.2 Å². The van der Waals surface area contributed by atoms with Crippen LogP contribution in [0, 0.1) is 0 Å². The molecule has 4 aromatic rings. The Morgan fingerprint density at radius 1 is 1.06 bits per heavy atom. The van der Waals surface area contributed by atoms with Crippen LogP contribution in [0.3, 0.4) is 0 Å². The monoisotopic (exact) mass is 471 g/mol. The van der Waals surface area contributed by atoms with Gasteiger partial charge in [-0.1, -0.05) is 18.2 Å². The number of anilines is 3. The van der Waals surface area contributed by atoms with Gasteiger partial charge in [0.15, 0.2) is 11.6 Å². The maximum Gasteiger partial charge on any atom is 0.417 e. The summed E-state index contributed by atoms with van der Waals surface area (Å²) in [7, 11) is 0. The van der Waals surface area contributed by atoms with Gasteiger partial charge in [0.1, 0.15) is 0 Å². The average Bonchev–Trinajstić information content (AvgIpc) is 3.27. The van der Waals surface area contributed by atoms with Gasteiger partial charge >= 0.3 is 12.1 Å². The third kappa shape index (κ3) is 5.09. The molecule has 0 spiro atoms. The number of hydrazone groups is 1. The molecule has 0 saturated carbocycles. The van der Waals surface area contributed by atoms with Gasteiger partial charge in [-0.15, -0.1) is 0 Å². The zero-order valence-corrected chi connectivity index (χ0v) is 17.5. The molecule has 0 bridgehead atoms. The number of carbonyl (C=O) groups excluding carboxylic acids is 1. The van der Waals surface area contributed by atoms with Crippen LogP contribution in [0.25, 0.3) is 11.3 Å². The highest BCUT2D eigenvalue weighted by atomic mass is 19.4. The number of carbonyl (C=O) groups is 1. The molecule has 4 rings (SSSR count). The van der Waals surface area contributed by atoms with Gasteiger partial charge in [-0.3, -0.25) is 5.43 Å². The Hall–Kier alpha value is -4.55. The van der Waals surface area contributed by atoms with E-state index in [0.717, 1.165) is 12.3 Å². The van der Waals surface area contributed by atoms with Crippen LogP contribution in [0.15, 0.2) is 58.3 Å². The third-order valence-electron chi connectivity index (χ3n) is 4.41. The highest BCUT2D eigenvalue weighted by Gasteiger charge is 2.32. The SMILES string of the molecule is CCOC(=O)c1ccc(Nc2nc3nonc3nc2NN=Cc2ccccc2C(F)(F)F)cc1. The van der Waals surface area contributed by atoms with E-state index in [9.17, 15) is 18.0 Å². The molecule has 2 heterocycles. The summed E-state index contributed by atoms with van der Waals surface area (Å²) in [6.07, 6.45) is -3.51. The topological polar surface area (TPSA) is 127 Å². The van der Waals surface area contributed by atoms with Crippen LogP contribution in [0.2, 0.25) is 0 Å². The number of rotatable bonds is 7. The Bertz CT molecular complexity index is 1340. The number of aromatic nitrogens is 4. The van der Waals surface area contributed by atoms with E-state index in [1.165, 1.54) is 18.2 Å². The normalized spacial score (nSPS) is 11.6. The van der Waals surface area contributed by atoms with Gasteiger partial charge in [-0.05, 0) is 47.6 Å². The first-order chi connectivity index (χ1) is 16.3. The van der Waals surface area contributed by atoms with Crippen LogP contribution in [0.5, 0.6) is 0 Å². The van der Waals surface area contributed by atoms with Crippen molar-refractivity contribution in [3.8, 4) is 0 Å². The molecule has 0 radical (unpaired) electrons. The molecule has 0 saturated heterocycles. The quantitative estimate of drug-likeness (QED) is 0.229. The van der Waals surface area contributed by atoms with Gasteiger partial charge in [-0.25, -0.2) is 14.4 Å². The fourth-order valence-corrected chi connectivity index (χ4v) is 2.87. The number of nitrogens with one attached hydrogen (secondary N) is 2. The lowest BCUT2D eigenvalue weighted by atomic mass is 10.1. The van der Waals surface area contributed by atoms with E-state index >= 15 is 0 Å². The van der Waals surface area contributed by atoms with Crippen LogP contribution < -0.4 is 10.7 Å². The molecule has 0 unspecified atom stereocenters. The molecule has 13 heteroatoms. The second kappa shape index (κ2) is 9.52. The first-order valence-electron chi connectivity index (χ1n) is 9.85. The molecular weight excluding hydrogens is 455 g/mol. The Kier molecular flexibility index (Phi) is 6.34. The fraction of sp³-hybridized carbons (Fsp3) is 0.143. The lowest BCUT2D eigenvalue weighted by Gasteiger charge is -2.11. The zero-order chi connectivity index (χ0) is 24.1. The van der Waals surface area contributed by atoms with E-state index in [2.05, 4.69) is 40.8 Å². The van der Waals surface area contributed by atoms with Crippen LogP contribution in [0.4, 0.5) is 30.5 Å². The molecule has 34 heavy (non-hydrogen) atoms. The van der Waals surface area contributed by atoms with Crippen LogP contribution in [0.1, 0.15) is 28.4 Å². The summed E-state index contributed by atoms with van der Waals surface area (Å²) in [5, 5.41) is 14.1. The number of benzene rings is 2. The number of alkyl halides is 3. The molecule has 10 nitrogen and oxygen atoms in total. The summed E-state index contributed by atoms with van der Waals surface area (Å²) in [4.78, 5) is 20.3. The van der Waals surface area contributed by atoms with Crippen molar-refractivity contribution in [2.75, 3.05) is 17.3 Å². The number of fused-ring (bicyclic) bond motifs is 1. The van der Waals surface area contributed by atoms with Crippen molar-refractivity contribution in [2.45, 2.75) is 13.1 Å². The smallest absolute Gasteiger partial charge is 0.417 e. The second-order valence-corrected chi connectivity index (χ2v) is 6.71. The van der Waals surface area contributed by atoms with E-state index in [0.29, 0.717) is 11.3 Å². The molecule has 2 aromatic carbocycles. The minimum atomic E-state index is -4.53. The van der Waals surface area contributed by atoms with E-state index in [4.69, 9.17) is 4.74 Å². The van der Waals surface area contributed by atoms with Gasteiger partial charge in [0, 0.05) is 11.3 Å². The molecule has 0 aliphatic rings. The average molecular weight is 471 g/mol. The van der Waals surface area contributed by atoms with E-state index < -0.39 is 17.7 Å². The third-order valence-corrected chi connectivity index (χ3v) is 4.41. The van der Waals surface area contributed by atoms with E-state index in [-0.39, 0.29) is 35.1 Å². The molecule has 0 fully saturated rings. The van der Waals surface area contributed by atoms with Crippen molar-refractivity contribution in [1.29, 1.82) is 0 Å². The largest absolute Gasteiger partial charge is 0.462 e. The first-order valence-corrected chi connectivity index (χ1v) is 9.85. The lowest BCUT2D eigenvalue weighted by molar-refractivity contribution is -0.137. The summed E-state index contributed by atoms with van der Waals surface area (Å²) in [5.74, 6) is -0.258. The number of halogens is 3.